The summed E-state index contributed by atoms with van der Waals surface area (Å²) in [6.07, 6.45) is 10.2. The zero-order valence-electron chi connectivity index (χ0n) is 23.0. The van der Waals surface area contributed by atoms with Gasteiger partial charge in [-0.2, -0.15) is 0 Å². The Bertz CT molecular complexity index is 935. The number of carbonyl (C=O) groups is 1. The molecule has 7 nitrogen and oxygen atoms in total. The number of fused-ring (bicyclic) bond motifs is 5. The first-order valence-electron chi connectivity index (χ1n) is 14.7. The molecule has 2 aliphatic heterocycles. The molecule has 6 rings (SSSR count). The van der Waals surface area contributed by atoms with Gasteiger partial charge in [-0.15, -0.1) is 0 Å². The Morgan fingerprint density at radius 1 is 1.03 bits per heavy atom. The van der Waals surface area contributed by atoms with E-state index in [1.807, 2.05) is 6.92 Å². The fourth-order valence-electron chi connectivity index (χ4n) is 10.0. The second-order valence-corrected chi connectivity index (χ2v) is 13.6. The van der Waals surface area contributed by atoms with Crippen molar-refractivity contribution in [1.82, 2.24) is 0 Å². The minimum Gasteiger partial charge on any atom is -0.458 e. The van der Waals surface area contributed by atoms with E-state index in [0.717, 1.165) is 63.4 Å². The van der Waals surface area contributed by atoms with Crippen LogP contribution in [0.5, 0.6) is 0 Å². The van der Waals surface area contributed by atoms with E-state index >= 15 is 0 Å². The Morgan fingerprint density at radius 2 is 1.84 bits per heavy atom. The van der Waals surface area contributed by atoms with Gasteiger partial charge in [-0.25, -0.2) is 4.79 Å². The van der Waals surface area contributed by atoms with E-state index in [0.29, 0.717) is 30.8 Å². The van der Waals surface area contributed by atoms with Crippen molar-refractivity contribution in [1.29, 1.82) is 0 Å². The average Bonchev–Trinajstić information content (AvgIpc) is 3.41. The Labute approximate surface area is 221 Å². The topological polar surface area (TPSA) is 94.5 Å². The van der Waals surface area contributed by atoms with Crippen LogP contribution in [-0.2, 0) is 23.7 Å². The van der Waals surface area contributed by atoms with Gasteiger partial charge in [-0.05, 0) is 99.4 Å². The summed E-state index contributed by atoms with van der Waals surface area (Å²) in [6.45, 7) is 7.07. The number of hydrogen-bond donors (Lipinski definition) is 2. The molecule has 208 valence electrons. The number of cyclic esters (lactones) is 1. The summed E-state index contributed by atoms with van der Waals surface area (Å²) in [5.74, 6) is 1.45. The molecule has 12 atom stereocenters. The van der Waals surface area contributed by atoms with Crippen LogP contribution in [0.4, 0.5) is 0 Å². The maximum atomic E-state index is 12.4. The van der Waals surface area contributed by atoms with Gasteiger partial charge in [0.15, 0.2) is 6.29 Å². The maximum Gasteiger partial charge on any atom is 0.331 e. The van der Waals surface area contributed by atoms with E-state index in [1.165, 1.54) is 0 Å². The molecule has 37 heavy (non-hydrogen) atoms. The first-order valence-corrected chi connectivity index (χ1v) is 14.7. The lowest BCUT2D eigenvalue weighted by Crippen LogP contribution is -2.62. The number of rotatable bonds is 4. The molecule has 0 aromatic rings. The van der Waals surface area contributed by atoms with Crippen LogP contribution in [0.15, 0.2) is 11.6 Å². The highest BCUT2D eigenvalue weighted by molar-refractivity contribution is 5.85. The number of aliphatic hydroxyl groups is 2. The lowest BCUT2D eigenvalue weighted by molar-refractivity contribution is -0.273. The van der Waals surface area contributed by atoms with E-state index in [4.69, 9.17) is 18.9 Å². The first kappa shape index (κ1) is 26.2. The lowest BCUT2D eigenvalue weighted by Gasteiger charge is -2.64. The summed E-state index contributed by atoms with van der Waals surface area (Å²) in [6, 6.07) is 0. The lowest BCUT2D eigenvalue weighted by atomic mass is 9.43. The van der Waals surface area contributed by atoms with Crippen LogP contribution in [0.25, 0.3) is 0 Å². The predicted octanol–water partition coefficient (Wildman–Crippen LogP) is 4.14. The number of aliphatic hydroxyl groups excluding tert-OH is 1. The molecular weight excluding hydrogens is 472 g/mol. The summed E-state index contributed by atoms with van der Waals surface area (Å²) in [7, 11) is 1.64. The van der Waals surface area contributed by atoms with Crippen LogP contribution in [-0.4, -0.2) is 66.2 Å². The minimum atomic E-state index is -0.670. The largest absolute Gasteiger partial charge is 0.458 e. The van der Waals surface area contributed by atoms with Gasteiger partial charge in [0.2, 0.25) is 0 Å². The second kappa shape index (κ2) is 9.29. The third kappa shape index (κ3) is 3.97. The molecule has 4 saturated carbocycles. The first-order chi connectivity index (χ1) is 17.6. The van der Waals surface area contributed by atoms with Gasteiger partial charge in [-0.3, -0.25) is 0 Å². The number of ether oxygens (including phenoxy) is 4. The smallest absolute Gasteiger partial charge is 0.331 e. The Balaban J connectivity index is 1.15. The van der Waals surface area contributed by atoms with Crippen molar-refractivity contribution in [3.05, 3.63) is 11.6 Å². The molecule has 0 amide bonds. The molecule has 0 radical (unpaired) electrons. The molecule has 0 bridgehead atoms. The van der Waals surface area contributed by atoms with Crippen LogP contribution in [0.3, 0.4) is 0 Å². The normalized spacial score (nSPS) is 53.6. The zero-order valence-corrected chi connectivity index (χ0v) is 23.0. The van der Waals surface area contributed by atoms with Crippen LogP contribution in [0.2, 0.25) is 0 Å². The van der Waals surface area contributed by atoms with Gasteiger partial charge in [0.1, 0.15) is 12.7 Å². The van der Waals surface area contributed by atoms with Crippen molar-refractivity contribution in [3.63, 3.8) is 0 Å². The molecule has 4 aliphatic carbocycles. The van der Waals surface area contributed by atoms with Crippen molar-refractivity contribution < 1.29 is 34.0 Å². The van der Waals surface area contributed by atoms with Crippen molar-refractivity contribution >= 4 is 5.97 Å². The summed E-state index contributed by atoms with van der Waals surface area (Å²) >= 11 is 0. The number of esters is 1. The van der Waals surface area contributed by atoms with Crippen LogP contribution in [0, 0.1) is 34.5 Å². The standard InChI is InChI=1S/C30H46O7/c1-17-27(32)24(34-4)15-26(36-17)37-20-7-10-28(2)19(14-20)5-6-23-22(28)8-11-29(3)21(9-12-30(23,29)33)18-13-25(31)35-16-18/h13,17,19-24,26-27,32-33H,5-12,14-16H2,1-4H3/t17-,19-,20+,21-,22+,23-,24-,26+,27+,28+,29-,30+/m1/s1. The molecule has 2 heterocycles. The van der Waals surface area contributed by atoms with Gasteiger partial charge >= 0.3 is 5.97 Å². The van der Waals surface area contributed by atoms with E-state index in [1.54, 1.807) is 13.2 Å². The van der Waals surface area contributed by atoms with Gasteiger partial charge in [-0.1, -0.05) is 13.8 Å². The second-order valence-electron chi connectivity index (χ2n) is 13.6. The molecule has 6 aliphatic rings. The fourth-order valence-corrected chi connectivity index (χ4v) is 10.0. The SMILES string of the molecule is CO[C@@H]1C[C@H](O[C@H]2CC[C@@]3(C)[C@H](CC[C@@H]4[C@@H]3CC[C@]3(C)[C@@H](C5=CC(=O)OC5)CC[C@]43O)C2)O[C@H](C)[C@@H]1O. The molecule has 1 saturated heterocycles. The number of methoxy groups -OCH3 is 1. The molecule has 0 aromatic heterocycles. The highest BCUT2D eigenvalue weighted by Crippen LogP contribution is 2.70. The third-order valence-corrected chi connectivity index (χ3v) is 12.2. The van der Waals surface area contributed by atoms with Crippen molar-refractivity contribution in [2.24, 2.45) is 34.5 Å². The number of carbonyl (C=O) groups excluding carboxylic acids is 1. The average molecular weight is 519 g/mol. The van der Waals surface area contributed by atoms with E-state index in [9.17, 15) is 15.0 Å². The van der Waals surface area contributed by atoms with Crippen molar-refractivity contribution in [3.8, 4) is 0 Å². The third-order valence-electron chi connectivity index (χ3n) is 12.2. The molecule has 7 heteroatoms. The molecule has 5 fully saturated rings. The predicted molar refractivity (Wildman–Crippen MR) is 136 cm³/mol. The monoisotopic (exact) mass is 518 g/mol. The molecule has 0 spiro atoms. The maximum absolute atomic E-state index is 12.4. The Kier molecular flexibility index (Phi) is 6.59. The number of hydrogen-bond acceptors (Lipinski definition) is 7. The zero-order chi connectivity index (χ0) is 26.2. The van der Waals surface area contributed by atoms with E-state index in [-0.39, 0.29) is 47.3 Å². The fraction of sp³-hybridized carbons (Fsp3) is 0.900. The van der Waals surface area contributed by atoms with E-state index < -0.39 is 11.7 Å². The molecular formula is C30H46O7. The van der Waals surface area contributed by atoms with Gasteiger partial charge in [0.25, 0.3) is 0 Å². The van der Waals surface area contributed by atoms with E-state index in [2.05, 4.69) is 13.8 Å². The minimum absolute atomic E-state index is 0.166. The highest BCUT2D eigenvalue weighted by Gasteiger charge is 2.67. The van der Waals surface area contributed by atoms with Crippen molar-refractivity contribution in [2.45, 2.75) is 121 Å². The van der Waals surface area contributed by atoms with Crippen LogP contribution >= 0.6 is 0 Å². The Morgan fingerprint density at radius 3 is 2.57 bits per heavy atom. The van der Waals surface area contributed by atoms with Crippen molar-refractivity contribution in [2.75, 3.05) is 13.7 Å². The van der Waals surface area contributed by atoms with Gasteiger partial charge in [0, 0.05) is 25.0 Å². The molecule has 2 N–H and O–H groups in total. The molecule has 0 aromatic carbocycles. The molecule has 0 unspecified atom stereocenters. The Hall–Kier alpha value is -0.990. The van der Waals surface area contributed by atoms with Crippen LogP contribution in [0.1, 0.15) is 85.0 Å². The van der Waals surface area contributed by atoms with Gasteiger partial charge < -0.3 is 29.2 Å². The van der Waals surface area contributed by atoms with Gasteiger partial charge in [0.05, 0.1) is 23.9 Å². The summed E-state index contributed by atoms with van der Waals surface area (Å²) in [5, 5.41) is 22.7. The quantitative estimate of drug-likeness (QED) is 0.427. The summed E-state index contributed by atoms with van der Waals surface area (Å²) < 4.78 is 23.2. The van der Waals surface area contributed by atoms with Crippen LogP contribution < -0.4 is 0 Å². The summed E-state index contributed by atoms with van der Waals surface area (Å²) in [5.41, 5.74) is 0.461. The highest BCUT2D eigenvalue weighted by atomic mass is 16.7. The summed E-state index contributed by atoms with van der Waals surface area (Å²) in [4.78, 5) is 11.8.